The Morgan fingerprint density at radius 1 is 0.474 bits per heavy atom. The minimum Gasteiger partial charge on any atom is -0.306 e. The second kappa shape index (κ2) is 22.7. The number of nitro benzene ring substituents is 2. The van der Waals surface area contributed by atoms with E-state index in [0.717, 1.165) is 33.4 Å². The average molecular weight is 1060 g/mol. The van der Waals surface area contributed by atoms with Crippen LogP contribution in [-0.4, -0.2) is 30.4 Å². The summed E-state index contributed by atoms with van der Waals surface area (Å²) >= 11 is 12.2. The molecule has 10 rings (SSSR count). The largest absolute Gasteiger partial charge is 0.306 e. The predicted octanol–water partition coefficient (Wildman–Crippen LogP) is 14.0. The summed E-state index contributed by atoms with van der Waals surface area (Å²) in [7, 11) is 0. The number of benzene rings is 6. The second-order valence-corrected chi connectivity index (χ2v) is 18.6. The van der Waals surface area contributed by atoms with Gasteiger partial charge in [0.05, 0.1) is 33.1 Å². The number of aliphatic imine (C=N–C) groups is 2. The normalized spacial score (nSPS) is 13.7. The first-order valence-corrected chi connectivity index (χ1v) is 24.2. The van der Waals surface area contributed by atoms with Gasteiger partial charge in [-0.25, -0.2) is 17.6 Å². The quantitative estimate of drug-likeness (QED) is 0.0600. The molecule has 18 heteroatoms. The van der Waals surface area contributed by atoms with Crippen molar-refractivity contribution in [3.63, 3.8) is 0 Å². The van der Waals surface area contributed by atoms with E-state index in [0.29, 0.717) is 58.3 Å². The monoisotopic (exact) mass is 1060 g/mol. The Kier molecular flexibility index (Phi) is 15.6. The lowest BCUT2D eigenvalue weighted by Gasteiger charge is -2.21. The summed E-state index contributed by atoms with van der Waals surface area (Å²) < 4.78 is 56.9. The van der Waals surface area contributed by atoms with Crippen LogP contribution in [0.25, 0.3) is 33.4 Å². The van der Waals surface area contributed by atoms with E-state index in [1.807, 2.05) is 0 Å². The predicted molar refractivity (Wildman–Crippen MR) is 287 cm³/mol. The molecule has 0 spiro atoms. The highest BCUT2D eigenvalue weighted by Crippen LogP contribution is 2.36. The van der Waals surface area contributed by atoms with E-state index in [2.05, 4.69) is 9.98 Å². The van der Waals surface area contributed by atoms with Crippen molar-refractivity contribution in [2.75, 3.05) is 0 Å². The molecule has 0 unspecified atom stereocenters. The molecule has 6 aromatic carbocycles. The van der Waals surface area contributed by atoms with Gasteiger partial charge in [0.15, 0.2) is 0 Å². The Bertz CT molecular complexity index is 3540. The first-order valence-electron chi connectivity index (χ1n) is 23.4. The third kappa shape index (κ3) is 12.0. The van der Waals surface area contributed by atoms with Gasteiger partial charge in [-0.05, 0) is 142 Å². The van der Waals surface area contributed by atoms with Crippen molar-refractivity contribution in [1.82, 2.24) is 9.13 Å². The van der Waals surface area contributed by atoms with E-state index >= 15 is 0 Å². The van der Waals surface area contributed by atoms with Gasteiger partial charge in [-0.3, -0.25) is 39.8 Å². The van der Waals surface area contributed by atoms with Crippen LogP contribution in [0, 0.1) is 43.5 Å². The summed E-state index contributed by atoms with van der Waals surface area (Å²) in [5.41, 5.74) is 6.50. The van der Waals surface area contributed by atoms with Crippen molar-refractivity contribution >= 4 is 57.1 Å². The van der Waals surface area contributed by atoms with Gasteiger partial charge >= 0.3 is 0 Å². The number of pyridine rings is 2. The molecule has 0 N–H and O–H groups in total. The number of nitro groups is 2. The summed E-state index contributed by atoms with van der Waals surface area (Å²) in [6, 6.07) is 37.5. The molecule has 2 aliphatic heterocycles. The molecule has 0 bridgehead atoms. The first-order chi connectivity index (χ1) is 36.6. The molecule has 0 amide bonds. The van der Waals surface area contributed by atoms with E-state index in [-0.39, 0.29) is 56.9 Å². The van der Waals surface area contributed by atoms with E-state index in [1.54, 1.807) is 85.5 Å². The number of aromatic nitrogens is 2. The van der Waals surface area contributed by atoms with Crippen LogP contribution in [0.15, 0.2) is 202 Å². The fourth-order valence-electron chi connectivity index (χ4n) is 9.05. The van der Waals surface area contributed by atoms with Crippen molar-refractivity contribution in [2.24, 2.45) is 9.98 Å². The Hall–Kier alpha value is -8.86. The lowest BCUT2D eigenvalue weighted by molar-refractivity contribution is -0.384. The summed E-state index contributed by atoms with van der Waals surface area (Å²) in [6.45, 7) is 0. The Balaban J connectivity index is 0.000000186. The number of halogens is 6. The van der Waals surface area contributed by atoms with Crippen LogP contribution in [0.3, 0.4) is 0 Å². The van der Waals surface area contributed by atoms with Gasteiger partial charge in [-0.15, -0.1) is 0 Å². The van der Waals surface area contributed by atoms with E-state index in [1.165, 1.54) is 106 Å². The van der Waals surface area contributed by atoms with Crippen molar-refractivity contribution in [1.29, 1.82) is 0 Å². The molecule has 2 aliphatic rings. The van der Waals surface area contributed by atoms with Crippen LogP contribution in [-0.2, 0) is 12.8 Å². The molecular weight excluding hydrogens is 1020 g/mol. The lowest BCUT2D eigenvalue weighted by atomic mass is 9.95. The van der Waals surface area contributed by atoms with Crippen molar-refractivity contribution < 1.29 is 27.4 Å². The van der Waals surface area contributed by atoms with E-state index in [9.17, 15) is 47.4 Å². The molecule has 0 fully saturated rings. The van der Waals surface area contributed by atoms with Crippen LogP contribution >= 0.6 is 23.2 Å². The number of rotatable bonds is 14. The van der Waals surface area contributed by atoms with Crippen molar-refractivity contribution in [3.8, 4) is 22.3 Å². The van der Waals surface area contributed by atoms with Gasteiger partial charge in [0.1, 0.15) is 23.3 Å². The van der Waals surface area contributed by atoms with Crippen LogP contribution in [0.4, 0.5) is 28.9 Å². The molecule has 0 radical (unpaired) electrons. The van der Waals surface area contributed by atoms with Crippen LogP contribution < -0.4 is 11.1 Å². The summed E-state index contributed by atoms with van der Waals surface area (Å²) in [6.07, 6.45) is 8.16. The summed E-state index contributed by atoms with van der Waals surface area (Å²) in [5, 5.41) is 23.7. The Labute approximate surface area is 440 Å². The van der Waals surface area contributed by atoms with Gasteiger partial charge < -0.3 is 9.13 Å². The SMILES string of the molecule is O=c1cc(-c2cc(Cl)ccc2[N+](=O)[O-])ccn1[C@@H](Cc1ccc(F)cc1)C1=NC=C(c2ccc(F)cc2)C1.O=c1cc(-c2cc(Cl)ccc2[N+](=O)[O-])ccn1[C@H](Cc1ccc(F)cc1)C1=NC=C(c2ccc(F)cc2)C1. The zero-order chi connectivity index (χ0) is 53.6. The third-order valence-corrected chi connectivity index (χ3v) is 13.4. The smallest absolute Gasteiger partial charge is 0.277 e. The van der Waals surface area contributed by atoms with E-state index in [4.69, 9.17) is 23.2 Å². The average Bonchev–Trinajstić information content (AvgIpc) is 4.12. The van der Waals surface area contributed by atoms with Crippen molar-refractivity contribution in [2.45, 2.75) is 37.8 Å². The number of hydrogen-bond donors (Lipinski definition) is 0. The molecule has 2 atom stereocenters. The molecule has 76 heavy (non-hydrogen) atoms. The van der Waals surface area contributed by atoms with Gasteiger partial charge in [0.25, 0.3) is 22.5 Å². The van der Waals surface area contributed by atoms with Gasteiger partial charge in [0.2, 0.25) is 0 Å². The third-order valence-electron chi connectivity index (χ3n) is 12.9. The highest BCUT2D eigenvalue weighted by molar-refractivity contribution is 6.31. The first kappa shape index (κ1) is 52.0. The molecular formula is C58H40Cl2F4N6O6. The lowest BCUT2D eigenvalue weighted by Crippen LogP contribution is -2.30. The molecule has 8 aromatic rings. The zero-order valence-corrected chi connectivity index (χ0v) is 41.2. The maximum absolute atomic E-state index is 13.5. The molecule has 0 saturated heterocycles. The zero-order valence-electron chi connectivity index (χ0n) is 39.7. The van der Waals surface area contributed by atoms with Gasteiger partial charge in [-0.1, -0.05) is 71.7 Å². The number of hydrogen-bond acceptors (Lipinski definition) is 8. The summed E-state index contributed by atoms with van der Waals surface area (Å²) in [4.78, 5) is 58.0. The minimum atomic E-state index is -0.523. The fraction of sp³-hybridized carbons (Fsp3) is 0.103. The Morgan fingerprint density at radius 3 is 1.14 bits per heavy atom. The highest BCUT2D eigenvalue weighted by Gasteiger charge is 2.27. The minimum absolute atomic E-state index is 0.164. The van der Waals surface area contributed by atoms with Crippen molar-refractivity contribution in [3.05, 3.63) is 279 Å². The standard InChI is InChI=1S/2C29H20ClF2N3O3/c2*30-22-5-10-27(35(37)38)25(16-22)20-11-12-34(29(36)15-20)28(13-18-1-6-23(31)7-2-18)26-14-21(17-33-26)19-3-8-24(32)9-4-19/h2*1-12,15-17,28H,13-14H2/t2*28-/m10/s1. The number of allylic oxidation sites excluding steroid dienone is 2. The topological polar surface area (TPSA) is 155 Å². The van der Waals surface area contributed by atoms with Crippen LogP contribution in [0.5, 0.6) is 0 Å². The molecule has 0 saturated carbocycles. The molecule has 12 nitrogen and oxygen atoms in total. The highest BCUT2D eigenvalue weighted by atomic mass is 35.5. The molecule has 2 aromatic heterocycles. The fourth-order valence-corrected chi connectivity index (χ4v) is 9.40. The number of nitrogens with zero attached hydrogens (tertiary/aromatic N) is 6. The molecule has 380 valence electrons. The van der Waals surface area contributed by atoms with Crippen LogP contribution in [0.1, 0.15) is 47.2 Å². The van der Waals surface area contributed by atoms with Gasteiger partial charge in [0, 0.05) is 83.4 Å². The Morgan fingerprint density at radius 2 is 0.816 bits per heavy atom. The van der Waals surface area contributed by atoms with Gasteiger partial charge in [-0.2, -0.15) is 0 Å². The second-order valence-electron chi connectivity index (χ2n) is 17.8. The molecule has 4 heterocycles. The van der Waals surface area contributed by atoms with Crippen LogP contribution in [0.2, 0.25) is 10.0 Å². The maximum Gasteiger partial charge on any atom is 0.277 e. The van der Waals surface area contributed by atoms with E-state index < -0.39 is 21.9 Å². The summed E-state index contributed by atoms with van der Waals surface area (Å²) in [5.74, 6) is -1.41. The molecule has 0 aliphatic carbocycles. The maximum atomic E-state index is 13.5.